The highest BCUT2D eigenvalue weighted by Crippen LogP contribution is 2.21. The minimum absolute atomic E-state index is 0.00216. The van der Waals surface area contributed by atoms with Crippen molar-refractivity contribution in [2.45, 2.75) is 0 Å². The zero-order valence-corrected chi connectivity index (χ0v) is 14.3. The summed E-state index contributed by atoms with van der Waals surface area (Å²) in [4.78, 5) is 12.0. The molecule has 0 heterocycles. The van der Waals surface area contributed by atoms with Crippen LogP contribution in [0.15, 0.2) is 48.5 Å². The van der Waals surface area contributed by atoms with E-state index < -0.39 is 21.7 Å². The first-order chi connectivity index (χ1) is 11.8. The lowest BCUT2D eigenvalue weighted by Gasteiger charge is -2.23. The fourth-order valence-electron chi connectivity index (χ4n) is 2.25. The van der Waals surface area contributed by atoms with Gasteiger partial charge in [-0.05, 0) is 30.3 Å². The summed E-state index contributed by atoms with van der Waals surface area (Å²) in [5.41, 5.74) is 0.597. The molecule has 2 aromatic carbocycles. The zero-order chi connectivity index (χ0) is 18.4. The molecule has 0 aliphatic heterocycles. The molecular weight excluding hydrogens is 345 g/mol. The number of carbonyl (C=O) groups is 1. The molecule has 1 amide bonds. The van der Waals surface area contributed by atoms with Crippen LogP contribution in [0.5, 0.6) is 0 Å². The summed E-state index contributed by atoms with van der Waals surface area (Å²) < 4.78 is 38.3. The van der Waals surface area contributed by atoms with Gasteiger partial charge in [-0.15, -0.1) is 0 Å². The molecule has 0 fully saturated rings. The average Bonchev–Trinajstić information content (AvgIpc) is 2.57. The van der Waals surface area contributed by atoms with Crippen LogP contribution in [0.25, 0.3) is 0 Å². The Hall–Kier alpha value is -2.92. The zero-order valence-electron chi connectivity index (χ0n) is 13.4. The van der Waals surface area contributed by atoms with Gasteiger partial charge in [0.05, 0.1) is 24.1 Å². The molecule has 0 spiro atoms. The standard InChI is InChI=1S/C17H16FN3O3S/c1-25(23,24)21(16-8-3-2-5-14(16)12-19)10-9-20-17(22)13-6-4-7-15(18)11-13/h2-8,11H,9-10H2,1H3,(H,20,22). The van der Waals surface area contributed by atoms with Crippen molar-refractivity contribution in [1.82, 2.24) is 5.32 Å². The van der Waals surface area contributed by atoms with Gasteiger partial charge >= 0.3 is 0 Å². The largest absolute Gasteiger partial charge is 0.350 e. The van der Waals surface area contributed by atoms with E-state index in [0.717, 1.165) is 16.6 Å². The Morgan fingerprint density at radius 1 is 1.24 bits per heavy atom. The molecule has 0 aliphatic rings. The van der Waals surface area contributed by atoms with E-state index >= 15 is 0 Å². The molecule has 2 rings (SSSR count). The summed E-state index contributed by atoms with van der Waals surface area (Å²) in [6, 6.07) is 13.4. The third-order valence-electron chi connectivity index (χ3n) is 3.38. The Kier molecular flexibility index (Phi) is 5.72. The number of anilines is 1. The van der Waals surface area contributed by atoms with Gasteiger partial charge in [0.1, 0.15) is 11.9 Å². The van der Waals surface area contributed by atoms with Crippen LogP contribution in [0, 0.1) is 17.1 Å². The average molecular weight is 361 g/mol. The summed E-state index contributed by atoms with van der Waals surface area (Å²) in [5, 5.41) is 11.7. The van der Waals surface area contributed by atoms with Gasteiger partial charge in [-0.3, -0.25) is 9.10 Å². The number of hydrogen-bond acceptors (Lipinski definition) is 4. The van der Waals surface area contributed by atoms with Gasteiger partial charge in [0, 0.05) is 12.1 Å². The van der Waals surface area contributed by atoms with Crippen molar-refractivity contribution >= 4 is 21.6 Å². The summed E-state index contributed by atoms with van der Waals surface area (Å²) >= 11 is 0. The first kappa shape index (κ1) is 18.4. The molecule has 0 bridgehead atoms. The number of hydrogen-bond donors (Lipinski definition) is 1. The third-order valence-corrected chi connectivity index (χ3v) is 4.56. The summed E-state index contributed by atoms with van der Waals surface area (Å²) in [5.74, 6) is -1.05. The number of carbonyl (C=O) groups excluding carboxylic acids is 1. The van der Waals surface area contributed by atoms with Gasteiger partial charge in [-0.1, -0.05) is 18.2 Å². The number of nitriles is 1. The van der Waals surface area contributed by atoms with Crippen LogP contribution in [0.3, 0.4) is 0 Å². The van der Waals surface area contributed by atoms with E-state index in [1.165, 1.54) is 30.3 Å². The fraction of sp³-hybridized carbons (Fsp3) is 0.176. The number of benzene rings is 2. The lowest BCUT2D eigenvalue weighted by molar-refractivity contribution is 0.0954. The molecule has 0 aliphatic carbocycles. The Morgan fingerprint density at radius 3 is 2.60 bits per heavy atom. The maximum atomic E-state index is 13.1. The highest BCUT2D eigenvalue weighted by molar-refractivity contribution is 7.92. The predicted octanol–water partition coefficient (Wildman–Crippen LogP) is 1.89. The molecule has 0 saturated heterocycles. The lowest BCUT2D eigenvalue weighted by Crippen LogP contribution is -2.38. The number of halogens is 1. The van der Waals surface area contributed by atoms with Gasteiger partial charge < -0.3 is 5.32 Å². The number of nitrogens with zero attached hydrogens (tertiary/aromatic N) is 2. The lowest BCUT2D eigenvalue weighted by atomic mass is 10.2. The van der Waals surface area contributed by atoms with E-state index in [2.05, 4.69) is 5.32 Å². The maximum absolute atomic E-state index is 13.1. The molecule has 0 atom stereocenters. The number of nitrogens with one attached hydrogen (secondary N) is 1. The van der Waals surface area contributed by atoms with E-state index in [9.17, 15) is 17.6 Å². The van der Waals surface area contributed by atoms with Crippen LogP contribution in [-0.4, -0.2) is 33.7 Å². The van der Waals surface area contributed by atoms with Gasteiger partial charge in [0.15, 0.2) is 0 Å². The molecule has 0 unspecified atom stereocenters. The van der Waals surface area contributed by atoms with Crippen molar-refractivity contribution in [3.8, 4) is 6.07 Å². The van der Waals surface area contributed by atoms with Gasteiger partial charge in [0.2, 0.25) is 10.0 Å². The molecule has 2 aromatic rings. The minimum Gasteiger partial charge on any atom is -0.350 e. The summed E-state index contributed by atoms with van der Waals surface area (Å²) in [6.07, 6.45) is 1.02. The quantitative estimate of drug-likeness (QED) is 0.851. The highest BCUT2D eigenvalue weighted by atomic mass is 32.2. The second kappa shape index (κ2) is 7.77. The molecule has 0 radical (unpaired) electrons. The number of amides is 1. The first-order valence-corrected chi connectivity index (χ1v) is 9.18. The molecule has 25 heavy (non-hydrogen) atoms. The fourth-order valence-corrected chi connectivity index (χ4v) is 3.19. The van der Waals surface area contributed by atoms with Crippen molar-refractivity contribution in [2.24, 2.45) is 0 Å². The van der Waals surface area contributed by atoms with E-state index in [1.54, 1.807) is 12.1 Å². The maximum Gasteiger partial charge on any atom is 0.251 e. The minimum atomic E-state index is -3.65. The SMILES string of the molecule is CS(=O)(=O)N(CCNC(=O)c1cccc(F)c1)c1ccccc1C#N. The molecular formula is C17H16FN3O3S. The normalized spacial score (nSPS) is 10.8. The molecule has 6 nitrogen and oxygen atoms in total. The third kappa shape index (κ3) is 4.78. The second-order valence-electron chi connectivity index (χ2n) is 5.23. The molecule has 0 aromatic heterocycles. The monoisotopic (exact) mass is 361 g/mol. The topological polar surface area (TPSA) is 90.3 Å². The van der Waals surface area contributed by atoms with Crippen LogP contribution < -0.4 is 9.62 Å². The Bertz CT molecular complexity index is 923. The second-order valence-corrected chi connectivity index (χ2v) is 7.14. The van der Waals surface area contributed by atoms with E-state index in [0.29, 0.717) is 0 Å². The first-order valence-electron chi connectivity index (χ1n) is 7.33. The van der Waals surface area contributed by atoms with Crippen LogP contribution >= 0.6 is 0 Å². The molecule has 0 saturated carbocycles. The summed E-state index contributed by atoms with van der Waals surface area (Å²) in [6.45, 7) is -0.0548. The number of para-hydroxylation sites is 1. The van der Waals surface area contributed by atoms with Gasteiger partial charge in [-0.25, -0.2) is 12.8 Å². The van der Waals surface area contributed by atoms with Crippen LogP contribution in [0.4, 0.5) is 10.1 Å². The smallest absolute Gasteiger partial charge is 0.251 e. The van der Waals surface area contributed by atoms with Crippen LogP contribution in [-0.2, 0) is 10.0 Å². The predicted molar refractivity (Wildman–Crippen MR) is 92.1 cm³/mol. The molecule has 130 valence electrons. The van der Waals surface area contributed by atoms with Gasteiger partial charge in [-0.2, -0.15) is 5.26 Å². The van der Waals surface area contributed by atoms with Crippen LogP contribution in [0.1, 0.15) is 15.9 Å². The van der Waals surface area contributed by atoms with E-state index in [1.807, 2.05) is 6.07 Å². The summed E-state index contributed by atoms with van der Waals surface area (Å²) in [7, 11) is -3.65. The van der Waals surface area contributed by atoms with Crippen LogP contribution in [0.2, 0.25) is 0 Å². The van der Waals surface area contributed by atoms with Crippen molar-refractivity contribution < 1.29 is 17.6 Å². The van der Waals surface area contributed by atoms with Crippen molar-refractivity contribution in [3.63, 3.8) is 0 Å². The Morgan fingerprint density at radius 2 is 1.96 bits per heavy atom. The van der Waals surface area contributed by atoms with Crippen molar-refractivity contribution in [1.29, 1.82) is 5.26 Å². The Labute approximate surface area is 145 Å². The highest BCUT2D eigenvalue weighted by Gasteiger charge is 2.20. The van der Waals surface area contributed by atoms with Crippen molar-refractivity contribution in [3.05, 3.63) is 65.5 Å². The van der Waals surface area contributed by atoms with E-state index in [4.69, 9.17) is 5.26 Å². The van der Waals surface area contributed by atoms with Crippen molar-refractivity contribution in [2.75, 3.05) is 23.7 Å². The molecule has 8 heteroatoms. The van der Waals surface area contributed by atoms with E-state index in [-0.39, 0.29) is 29.9 Å². The molecule has 1 N–H and O–H groups in total. The Balaban J connectivity index is 2.12. The van der Waals surface area contributed by atoms with Gasteiger partial charge in [0.25, 0.3) is 5.91 Å². The number of sulfonamides is 1. The number of rotatable bonds is 6.